The Morgan fingerprint density at radius 2 is 1.73 bits per heavy atom. The van der Waals surface area contributed by atoms with Crippen LogP contribution in [-0.2, 0) is 16.1 Å². The maximum atomic E-state index is 12.8. The molecule has 0 aliphatic carbocycles. The monoisotopic (exact) mass is 452 g/mol. The van der Waals surface area contributed by atoms with Crippen LogP contribution in [0.25, 0.3) is 0 Å². The van der Waals surface area contributed by atoms with Gasteiger partial charge in [-0.25, -0.2) is 4.79 Å². The number of hydrogen-bond donors (Lipinski definition) is 3. The molecule has 33 heavy (non-hydrogen) atoms. The largest absolute Gasteiger partial charge is 0.372 e. The SMILES string of the molecule is CC(=O)Nc1cccc(C(C)NC(=O)NCc2ccc(C(=O)N3CC(C)OC(C)C3)cc2)c1. The predicted molar refractivity (Wildman–Crippen MR) is 127 cm³/mol. The van der Waals surface area contributed by atoms with Crippen molar-refractivity contribution in [2.75, 3.05) is 18.4 Å². The summed E-state index contributed by atoms with van der Waals surface area (Å²) < 4.78 is 5.70. The minimum atomic E-state index is -0.302. The molecule has 0 saturated carbocycles. The fraction of sp³-hybridized carbons (Fsp3) is 0.400. The molecule has 3 rings (SSSR count). The highest BCUT2D eigenvalue weighted by atomic mass is 16.5. The number of rotatable bonds is 6. The van der Waals surface area contributed by atoms with E-state index in [0.29, 0.717) is 30.9 Å². The molecule has 4 amide bonds. The molecule has 3 N–H and O–H groups in total. The van der Waals surface area contributed by atoms with Crippen LogP contribution in [0.15, 0.2) is 48.5 Å². The Morgan fingerprint density at radius 1 is 1.06 bits per heavy atom. The van der Waals surface area contributed by atoms with E-state index in [1.165, 1.54) is 6.92 Å². The zero-order chi connectivity index (χ0) is 24.0. The van der Waals surface area contributed by atoms with E-state index in [-0.39, 0.29) is 36.1 Å². The highest BCUT2D eigenvalue weighted by Crippen LogP contribution is 2.18. The summed E-state index contributed by atoms with van der Waals surface area (Å²) in [6.45, 7) is 8.77. The van der Waals surface area contributed by atoms with Crippen molar-refractivity contribution >= 4 is 23.5 Å². The maximum Gasteiger partial charge on any atom is 0.315 e. The Balaban J connectivity index is 1.50. The van der Waals surface area contributed by atoms with Gasteiger partial charge < -0.3 is 25.6 Å². The van der Waals surface area contributed by atoms with E-state index in [9.17, 15) is 14.4 Å². The Morgan fingerprint density at radius 3 is 2.36 bits per heavy atom. The molecular weight excluding hydrogens is 420 g/mol. The van der Waals surface area contributed by atoms with Crippen LogP contribution < -0.4 is 16.0 Å². The quantitative estimate of drug-likeness (QED) is 0.625. The molecule has 2 aromatic carbocycles. The molecule has 0 spiro atoms. The molecule has 0 aromatic heterocycles. The molecular formula is C25H32N4O4. The fourth-order valence-corrected chi connectivity index (χ4v) is 3.89. The molecule has 3 unspecified atom stereocenters. The van der Waals surface area contributed by atoms with Crippen LogP contribution in [-0.4, -0.2) is 48.0 Å². The van der Waals surface area contributed by atoms with Gasteiger partial charge in [-0.2, -0.15) is 0 Å². The highest BCUT2D eigenvalue weighted by molar-refractivity contribution is 5.94. The first kappa shape index (κ1) is 24.3. The standard InChI is InChI=1S/C25H32N4O4/c1-16-14-29(15-17(2)33-16)24(31)21-10-8-20(9-11-21)13-26-25(32)27-18(3)22-6-5-7-23(12-22)28-19(4)30/h5-12,16-18H,13-15H2,1-4H3,(H,28,30)(H2,26,27,32). The molecule has 1 fully saturated rings. The number of ether oxygens (including phenoxy) is 1. The number of hydrogen-bond acceptors (Lipinski definition) is 4. The van der Waals surface area contributed by atoms with Crippen LogP contribution in [0, 0.1) is 0 Å². The lowest BCUT2D eigenvalue weighted by molar-refractivity contribution is -0.114. The number of nitrogens with zero attached hydrogens (tertiary/aromatic N) is 1. The second-order valence-electron chi connectivity index (χ2n) is 8.52. The summed E-state index contributed by atoms with van der Waals surface area (Å²) in [5.41, 5.74) is 3.08. The first-order valence-corrected chi connectivity index (χ1v) is 11.2. The lowest BCUT2D eigenvalue weighted by atomic mass is 10.1. The van der Waals surface area contributed by atoms with Gasteiger partial charge >= 0.3 is 6.03 Å². The third kappa shape index (κ3) is 7.05. The van der Waals surface area contributed by atoms with Crippen molar-refractivity contribution in [3.8, 4) is 0 Å². The Bertz CT molecular complexity index is 982. The summed E-state index contributed by atoms with van der Waals surface area (Å²) in [6, 6.07) is 14.1. The van der Waals surface area contributed by atoms with Crippen LogP contribution in [0.2, 0.25) is 0 Å². The van der Waals surface area contributed by atoms with Crippen molar-refractivity contribution in [2.45, 2.75) is 52.5 Å². The van der Waals surface area contributed by atoms with Crippen LogP contribution in [0.4, 0.5) is 10.5 Å². The van der Waals surface area contributed by atoms with Gasteiger partial charge in [0, 0.05) is 37.8 Å². The second kappa shape index (κ2) is 11.0. The first-order valence-electron chi connectivity index (χ1n) is 11.2. The molecule has 1 aliphatic rings. The van der Waals surface area contributed by atoms with Gasteiger partial charge in [0.25, 0.3) is 5.91 Å². The summed E-state index contributed by atoms with van der Waals surface area (Å²) >= 11 is 0. The summed E-state index contributed by atoms with van der Waals surface area (Å²) in [7, 11) is 0. The molecule has 176 valence electrons. The van der Waals surface area contributed by atoms with Crippen molar-refractivity contribution in [2.24, 2.45) is 0 Å². The Kier molecular flexibility index (Phi) is 8.06. The van der Waals surface area contributed by atoms with Crippen LogP contribution in [0.5, 0.6) is 0 Å². The maximum absolute atomic E-state index is 12.8. The summed E-state index contributed by atoms with van der Waals surface area (Å²) in [4.78, 5) is 38.2. The molecule has 8 nitrogen and oxygen atoms in total. The molecule has 1 heterocycles. The van der Waals surface area contributed by atoms with Crippen molar-refractivity contribution in [3.05, 3.63) is 65.2 Å². The molecule has 1 saturated heterocycles. The van der Waals surface area contributed by atoms with Gasteiger partial charge in [-0.15, -0.1) is 0 Å². The lowest BCUT2D eigenvalue weighted by Crippen LogP contribution is -2.48. The number of benzene rings is 2. The van der Waals surface area contributed by atoms with Gasteiger partial charge in [0.05, 0.1) is 18.2 Å². The van der Waals surface area contributed by atoms with Crippen LogP contribution in [0.1, 0.15) is 55.2 Å². The highest BCUT2D eigenvalue weighted by Gasteiger charge is 2.26. The summed E-state index contributed by atoms with van der Waals surface area (Å²) in [6.07, 6.45) is 0.0462. The van der Waals surface area contributed by atoms with Gasteiger partial charge in [-0.05, 0) is 56.2 Å². The predicted octanol–water partition coefficient (Wildman–Crippen LogP) is 3.45. The number of amides is 4. The van der Waals surface area contributed by atoms with Crippen molar-refractivity contribution < 1.29 is 19.1 Å². The molecule has 0 radical (unpaired) electrons. The van der Waals surface area contributed by atoms with Gasteiger partial charge in [-0.3, -0.25) is 9.59 Å². The second-order valence-corrected chi connectivity index (χ2v) is 8.52. The van der Waals surface area contributed by atoms with Gasteiger partial charge in [0.2, 0.25) is 5.91 Å². The Hall–Kier alpha value is -3.39. The topological polar surface area (TPSA) is 99.8 Å². The number of anilines is 1. The third-order valence-corrected chi connectivity index (χ3v) is 5.42. The molecule has 8 heteroatoms. The summed E-state index contributed by atoms with van der Waals surface area (Å²) in [5.74, 6) is -0.156. The van der Waals surface area contributed by atoms with Crippen molar-refractivity contribution in [3.63, 3.8) is 0 Å². The molecule has 3 atom stereocenters. The van der Waals surface area contributed by atoms with Crippen molar-refractivity contribution in [1.82, 2.24) is 15.5 Å². The van der Waals surface area contributed by atoms with Crippen molar-refractivity contribution in [1.29, 1.82) is 0 Å². The van der Waals surface area contributed by atoms with E-state index in [1.54, 1.807) is 18.2 Å². The van der Waals surface area contributed by atoms with E-state index in [4.69, 9.17) is 4.74 Å². The molecule has 0 bridgehead atoms. The number of nitrogens with one attached hydrogen (secondary N) is 3. The van der Waals surface area contributed by atoms with E-state index in [1.807, 2.05) is 56.0 Å². The first-order chi connectivity index (χ1) is 15.7. The van der Waals surface area contributed by atoms with Gasteiger partial charge in [0.15, 0.2) is 0 Å². The number of carbonyl (C=O) groups is 3. The van der Waals surface area contributed by atoms with E-state index in [2.05, 4.69) is 16.0 Å². The minimum absolute atomic E-state index is 0.00966. The molecule has 2 aromatic rings. The van der Waals surface area contributed by atoms with Crippen LogP contribution >= 0.6 is 0 Å². The number of urea groups is 1. The lowest BCUT2D eigenvalue weighted by Gasteiger charge is -2.35. The van der Waals surface area contributed by atoms with E-state index in [0.717, 1.165) is 11.1 Å². The van der Waals surface area contributed by atoms with Gasteiger partial charge in [-0.1, -0.05) is 24.3 Å². The van der Waals surface area contributed by atoms with Crippen LogP contribution in [0.3, 0.4) is 0 Å². The molecule has 1 aliphatic heterocycles. The zero-order valence-corrected chi connectivity index (χ0v) is 19.6. The number of morpholine rings is 1. The average molecular weight is 453 g/mol. The van der Waals surface area contributed by atoms with E-state index < -0.39 is 0 Å². The average Bonchev–Trinajstić information content (AvgIpc) is 2.76. The minimum Gasteiger partial charge on any atom is -0.372 e. The Labute approximate surface area is 194 Å². The fourth-order valence-electron chi connectivity index (χ4n) is 3.89. The van der Waals surface area contributed by atoms with Gasteiger partial charge in [0.1, 0.15) is 0 Å². The smallest absolute Gasteiger partial charge is 0.315 e. The third-order valence-electron chi connectivity index (χ3n) is 5.42. The zero-order valence-electron chi connectivity index (χ0n) is 19.6. The summed E-state index contributed by atoms with van der Waals surface area (Å²) in [5, 5.41) is 8.47. The van der Waals surface area contributed by atoms with E-state index >= 15 is 0 Å². The number of carbonyl (C=O) groups excluding carboxylic acids is 3. The normalized spacial score (nSPS) is 18.8.